The van der Waals surface area contributed by atoms with Crippen LogP contribution < -0.4 is 14.8 Å². The van der Waals surface area contributed by atoms with E-state index in [1.807, 2.05) is 0 Å². The second-order valence-electron chi connectivity index (χ2n) is 5.06. The van der Waals surface area contributed by atoms with Crippen molar-refractivity contribution in [3.8, 4) is 5.75 Å². The minimum atomic E-state index is -3.77. The van der Waals surface area contributed by atoms with Gasteiger partial charge in [0, 0.05) is 22.8 Å². The molecule has 0 saturated carbocycles. The minimum absolute atomic E-state index is 0.0741. The molecule has 0 unspecified atom stereocenters. The topological polar surface area (TPSA) is 84.5 Å². The molecule has 2 aromatic rings. The number of anilines is 1. The van der Waals surface area contributed by atoms with Crippen molar-refractivity contribution in [2.24, 2.45) is 0 Å². The Balaban J connectivity index is 2.37. The highest BCUT2D eigenvalue weighted by atomic mass is 35.5. The molecule has 0 aliphatic heterocycles. The monoisotopic (exact) mass is 382 g/mol. The highest BCUT2D eigenvalue weighted by molar-refractivity contribution is 7.89. The molecule has 0 aliphatic rings. The summed E-state index contributed by atoms with van der Waals surface area (Å²) in [4.78, 5) is 12.3. The summed E-state index contributed by atoms with van der Waals surface area (Å²) in [6, 6.07) is 11.0. The first-order chi connectivity index (χ1) is 11.9. The number of ether oxygens (including phenoxy) is 1. The average Bonchev–Trinajstić information content (AvgIpc) is 2.55. The number of nitrogens with one attached hydrogen (secondary N) is 2. The molecule has 134 valence electrons. The van der Waals surface area contributed by atoms with Crippen molar-refractivity contribution < 1.29 is 17.9 Å². The normalized spacial score (nSPS) is 11.2. The van der Waals surface area contributed by atoms with E-state index >= 15 is 0 Å². The molecule has 2 aromatic carbocycles. The lowest BCUT2D eigenvalue weighted by molar-refractivity contribution is 0.102. The summed E-state index contributed by atoms with van der Waals surface area (Å²) >= 11 is 5.89. The highest BCUT2D eigenvalue weighted by Gasteiger charge is 2.21. The summed E-state index contributed by atoms with van der Waals surface area (Å²) in [5.41, 5.74) is 0.711. The number of halogens is 1. The molecule has 0 spiro atoms. The van der Waals surface area contributed by atoms with E-state index in [9.17, 15) is 13.2 Å². The number of hydrogen-bond acceptors (Lipinski definition) is 4. The summed E-state index contributed by atoms with van der Waals surface area (Å²) in [5.74, 6) is -0.249. The van der Waals surface area contributed by atoms with Crippen molar-refractivity contribution >= 4 is 33.2 Å². The third-order valence-electron chi connectivity index (χ3n) is 3.21. The summed E-state index contributed by atoms with van der Waals surface area (Å²) in [6.07, 6.45) is 0. The number of carbonyl (C=O) groups is 1. The molecule has 0 aromatic heterocycles. The fourth-order valence-electron chi connectivity index (χ4n) is 2.17. The van der Waals surface area contributed by atoms with E-state index < -0.39 is 15.9 Å². The maximum absolute atomic E-state index is 12.4. The lowest BCUT2D eigenvalue weighted by Gasteiger charge is -2.13. The second-order valence-corrected chi connectivity index (χ2v) is 7.23. The van der Waals surface area contributed by atoms with Gasteiger partial charge < -0.3 is 10.1 Å². The number of benzene rings is 2. The number of rotatable bonds is 7. The molecular formula is C17H19ClN2O4S. The van der Waals surface area contributed by atoms with Crippen molar-refractivity contribution in [3.05, 3.63) is 53.1 Å². The number of hydrogen-bond donors (Lipinski definition) is 2. The summed E-state index contributed by atoms with van der Waals surface area (Å²) in [5, 5.41) is 3.17. The first kappa shape index (κ1) is 19.2. The maximum atomic E-state index is 12.4. The lowest BCUT2D eigenvalue weighted by atomic mass is 10.2. The van der Waals surface area contributed by atoms with Crippen LogP contribution in [0.4, 0.5) is 5.69 Å². The van der Waals surface area contributed by atoms with Gasteiger partial charge in [-0.1, -0.05) is 24.6 Å². The molecule has 0 aliphatic carbocycles. The third-order valence-corrected chi connectivity index (χ3v) is 5.01. The van der Waals surface area contributed by atoms with Crippen LogP contribution in [-0.4, -0.2) is 27.5 Å². The van der Waals surface area contributed by atoms with Gasteiger partial charge in [0.15, 0.2) is 0 Å². The molecule has 0 fully saturated rings. The zero-order valence-corrected chi connectivity index (χ0v) is 15.4. The maximum Gasteiger partial charge on any atom is 0.255 e. The van der Waals surface area contributed by atoms with Crippen LogP contribution in [0.5, 0.6) is 5.75 Å². The Hall–Kier alpha value is -2.09. The van der Waals surface area contributed by atoms with Gasteiger partial charge in [-0.15, -0.1) is 0 Å². The van der Waals surface area contributed by atoms with Crippen LogP contribution in [0.2, 0.25) is 5.02 Å². The van der Waals surface area contributed by atoms with Gasteiger partial charge in [0.05, 0.1) is 6.61 Å². The number of amides is 1. The Kier molecular flexibility index (Phi) is 6.41. The predicted octanol–water partition coefficient (Wildman–Crippen LogP) is 3.29. The Bertz CT molecular complexity index is 869. The predicted molar refractivity (Wildman–Crippen MR) is 97.9 cm³/mol. The molecule has 0 atom stereocenters. The first-order valence-corrected chi connectivity index (χ1v) is 9.57. The molecule has 6 nitrogen and oxygen atoms in total. The quantitative estimate of drug-likeness (QED) is 0.769. The molecule has 1 amide bonds. The fourth-order valence-corrected chi connectivity index (χ4v) is 3.57. The molecular weight excluding hydrogens is 364 g/mol. The van der Waals surface area contributed by atoms with Gasteiger partial charge in [-0.3, -0.25) is 4.79 Å². The van der Waals surface area contributed by atoms with Crippen molar-refractivity contribution in [1.29, 1.82) is 0 Å². The van der Waals surface area contributed by atoms with Crippen LogP contribution in [-0.2, 0) is 10.0 Å². The standard InChI is InChI=1S/C17H19ClN2O4S/c1-3-19-25(22,23)16-10-12(8-9-15(16)24-4-2)17(21)20-14-7-5-6-13(18)11-14/h5-11,19H,3-4H2,1-2H3,(H,20,21). The van der Waals surface area contributed by atoms with Crippen LogP contribution in [0.1, 0.15) is 24.2 Å². The SMILES string of the molecule is CCNS(=O)(=O)c1cc(C(=O)Nc2cccc(Cl)c2)ccc1OCC. The third kappa shape index (κ3) is 4.94. The number of sulfonamides is 1. The van der Waals surface area contributed by atoms with Crippen LogP contribution >= 0.6 is 11.6 Å². The van der Waals surface area contributed by atoms with Crippen LogP contribution in [0.25, 0.3) is 0 Å². The van der Waals surface area contributed by atoms with Crippen molar-refractivity contribution in [2.75, 3.05) is 18.5 Å². The van der Waals surface area contributed by atoms with Crippen LogP contribution in [0.3, 0.4) is 0 Å². The lowest BCUT2D eigenvalue weighted by Crippen LogP contribution is -2.24. The van der Waals surface area contributed by atoms with Crippen molar-refractivity contribution in [2.45, 2.75) is 18.7 Å². The van der Waals surface area contributed by atoms with Gasteiger partial charge in [0.2, 0.25) is 10.0 Å². The van der Waals surface area contributed by atoms with Crippen molar-refractivity contribution in [1.82, 2.24) is 4.72 Å². The Morgan fingerprint density at radius 3 is 2.56 bits per heavy atom. The molecule has 0 heterocycles. The summed E-state index contributed by atoms with van der Waals surface area (Å²) in [6.45, 7) is 3.96. The van der Waals surface area contributed by atoms with Gasteiger partial charge in [-0.2, -0.15) is 0 Å². The molecule has 2 N–H and O–H groups in total. The summed E-state index contributed by atoms with van der Waals surface area (Å²) < 4.78 is 32.5. The molecule has 0 radical (unpaired) electrons. The van der Waals surface area contributed by atoms with Crippen molar-refractivity contribution in [3.63, 3.8) is 0 Å². The van der Waals surface area contributed by atoms with E-state index in [1.165, 1.54) is 18.2 Å². The van der Waals surface area contributed by atoms with E-state index in [4.69, 9.17) is 16.3 Å². The minimum Gasteiger partial charge on any atom is -0.492 e. The molecule has 0 saturated heterocycles. The Morgan fingerprint density at radius 2 is 1.92 bits per heavy atom. The number of carbonyl (C=O) groups excluding carboxylic acids is 1. The largest absolute Gasteiger partial charge is 0.492 e. The van der Waals surface area contributed by atoms with Gasteiger partial charge >= 0.3 is 0 Å². The second kappa shape index (κ2) is 8.33. The fraction of sp³-hybridized carbons (Fsp3) is 0.235. The van der Waals surface area contributed by atoms with Crippen LogP contribution in [0.15, 0.2) is 47.4 Å². The van der Waals surface area contributed by atoms with E-state index in [0.717, 1.165) is 0 Å². The summed E-state index contributed by atoms with van der Waals surface area (Å²) in [7, 11) is -3.77. The highest BCUT2D eigenvalue weighted by Crippen LogP contribution is 2.26. The molecule has 2 rings (SSSR count). The van der Waals surface area contributed by atoms with Gasteiger partial charge in [-0.25, -0.2) is 13.1 Å². The van der Waals surface area contributed by atoms with E-state index in [-0.39, 0.29) is 22.8 Å². The van der Waals surface area contributed by atoms with Crippen LogP contribution in [0, 0.1) is 0 Å². The first-order valence-electron chi connectivity index (χ1n) is 7.70. The van der Waals surface area contributed by atoms with E-state index in [0.29, 0.717) is 17.3 Å². The van der Waals surface area contributed by atoms with Gasteiger partial charge in [-0.05, 0) is 43.3 Å². The smallest absolute Gasteiger partial charge is 0.255 e. The molecule has 25 heavy (non-hydrogen) atoms. The Morgan fingerprint density at radius 1 is 1.16 bits per heavy atom. The Labute approximate surface area is 152 Å². The molecule has 0 bridgehead atoms. The van der Waals surface area contributed by atoms with E-state index in [2.05, 4.69) is 10.0 Å². The molecule has 8 heteroatoms. The average molecular weight is 383 g/mol. The van der Waals surface area contributed by atoms with E-state index in [1.54, 1.807) is 38.1 Å². The van der Waals surface area contributed by atoms with Gasteiger partial charge in [0.25, 0.3) is 5.91 Å². The van der Waals surface area contributed by atoms with Gasteiger partial charge in [0.1, 0.15) is 10.6 Å². The zero-order chi connectivity index (χ0) is 18.4. The zero-order valence-electron chi connectivity index (χ0n) is 13.9.